The largest absolute Gasteiger partial charge is 0.417 e. The predicted molar refractivity (Wildman–Crippen MR) is 78.1 cm³/mol. The summed E-state index contributed by atoms with van der Waals surface area (Å²) in [7, 11) is 0. The number of imidazole rings is 1. The van der Waals surface area contributed by atoms with Gasteiger partial charge in [-0.05, 0) is 40.5 Å². The van der Waals surface area contributed by atoms with Gasteiger partial charge in [-0.1, -0.05) is 18.2 Å². The van der Waals surface area contributed by atoms with Crippen LogP contribution in [0.25, 0.3) is 16.9 Å². The first kappa shape index (κ1) is 14.1. The highest BCUT2D eigenvalue weighted by Crippen LogP contribution is 2.36. The minimum absolute atomic E-state index is 0.0856. The summed E-state index contributed by atoms with van der Waals surface area (Å²) in [6, 6.07) is 7.29. The summed E-state index contributed by atoms with van der Waals surface area (Å²) in [5.41, 5.74) is 1.30. The van der Waals surface area contributed by atoms with E-state index in [2.05, 4.69) is 20.9 Å². The van der Waals surface area contributed by atoms with Gasteiger partial charge in [0.15, 0.2) is 0 Å². The van der Waals surface area contributed by atoms with Gasteiger partial charge >= 0.3 is 6.18 Å². The van der Waals surface area contributed by atoms with Gasteiger partial charge in [0, 0.05) is 22.4 Å². The van der Waals surface area contributed by atoms with Crippen molar-refractivity contribution >= 4 is 21.6 Å². The van der Waals surface area contributed by atoms with E-state index < -0.39 is 11.7 Å². The van der Waals surface area contributed by atoms with Crippen molar-refractivity contribution in [2.45, 2.75) is 13.1 Å². The minimum Gasteiger partial charge on any atom is -0.305 e. The summed E-state index contributed by atoms with van der Waals surface area (Å²) in [4.78, 5) is 4.30. The lowest BCUT2D eigenvalue weighted by Gasteiger charge is -2.10. The van der Waals surface area contributed by atoms with Gasteiger partial charge in [-0.2, -0.15) is 13.2 Å². The third-order valence-electron chi connectivity index (χ3n) is 3.24. The van der Waals surface area contributed by atoms with Crippen molar-refractivity contribution in [3.05, 3.63) is 58.3 Å². The van der Waals surface area contributed by atoms with Crippen LogP contribution < -0.4 is 0 Å². The molecule has 0 unspecified atom stereocenters. The SMILES string of the molecule is Cc1cc2nc(-c3ccccc3C(F)(F)F)cn2cc1Br. The second-order valence-electron chi connectivity index (χ2n) is 4.74. The van der Waals surface area contributed by atoms with Crippen molar-refractivity contribution in [1.82, 2.24) is 9.38 Å². The van der Waals surface area contributed by atoms with Gasteiger partial charge in [0.25, 0.3) is 0 Å². The Labute approximate surface area is 127 Å². The highest BCUT2D eigenvalue weighted by molar-refractivity contribution is 9.10. The maximum absolute atomic E-state index is 13.1. The van der Waals surface area contributed by atoms with E-state index in [0.717, 1.165) is 16.1 Å². The Bertz CT molecular complexity index is 782. The maximum Gasteiger partial charge on any atom is 0.417 e. The normalized spacial score (nSPS) is 12.0. The molecule has 0 bridgehead atoms. The minimum atomic E-state index is -4.40. The molecule has 3 rings (SSSR count). The fraction of sp³-hybridized carbons (Fsp3) is 0.133. The van der Waals surface area contributed by atoms with Crippen LogP contribution >= 0.6 is 15.9 Å². The van der Waals surface area contributed by atoms with Gasteiger partial charge in [-0.3, -0.25) is 0 Å². The van der Waals surface area contributed by atoms with Gasteiger partial charge in [-0.15, -0.1) is 0 Å². The summed E-state index contributed by atoms with van der Waals surface area (Å²) >= 11 is 3.40. The lowest BCUT2D eigenvalue weighted by Crippen LogP contribution is -2.06. The molecule has 0 saturated carbocycles. The number of aryl methyl sites for hydroxylation is 1. The Morgan fingerprint density at radius 3 is 2.57 bits per heavy atom. The van der Waals surface area contributed by atoms with Crippen molar-refractivity contribution in [3.63, 3.8) is 0 Å². The zero-order valence-corrected chi connectivity index (χ0v) is 12.5. The third kappa shape index (κ3) is 2.55. The Morgan fingerprint density at radius 2 is 1.86 bits per heavy atom. The van der Waals surface area contributed by atoms with Gasteiger partial charge in [0.2, 0.25) is 0 Å². The highest BCUT2D eigenvalue weighted by Gasteiger charge is 2.33. The van der Waals surface area contributed by atoms with Crippen molar-refractivity contribution in [3.8, 4) is 11.3 Å². The van der Waals surface area contributed by atoms with E-state index in [9.17, 15) is 13.2 Å². The molecule has 0 N–H and O–H groups in total. The van der Waals surface area contributed by atoms with Crippen LogP contribution in [0.2, 0.25) is 0 Å². The first-order chi connectivity index (χ1) is 9.86. The molecular formula is C15H10BrF3N2. The number of aromatic nitrogens is 2. The fourth-order valence-corrected chi connectivity index (χ4v) is 2.52. The number of hydrogen-bond donors (Lipinski definition) is 0. The fourth-order valence-electron chi connectivity index (χ4n) is 2.19. The average molecular weight is 355 g/mol. The first-order valence-electron chi connectivity index (χ1n) is 6.18. The number of hydrogen-bond acceptors (Lipinski definition) is 1. The van der Waals surface area contributed by atoms with E-state index in [1.54, 1.807) is 22.9 Å². The molecular weight excluding hydrogens is 345 g/mol. The third-order valence-corrected chi connectivity index (χ3v) is 4.07. The van der Waals surface area contributed by atoms with Crippen LogP contribution in [0.15, 0.2) is 47.2 Å². The van der Waals surface area contributed by atoms with Gasteiger partial charge in [0.1, 0.15) is 5.65 Å². The van der Waals surface area contributed by atoms with E-state index in [0.29, 0.717) is 11.3 Å². The Morgan fingerprint density at radius 1 is 1.14 bits per heavy atom. The zero-order valence-electron chi connectivity index (χ0n) is 10.9. The van der Waals surface area contributed by atoms with E-state index >= 15 is 0 Å². The number of rotatable bonds is 1. The maximum atomic E-state index is 13.1. The molecule has 0 aliphatic heterocycles. The number of fused-ring (bicyclic) bond motifs is 1. The Hall–Kier alpha value is -1.82. The second-order valence-corrected chi connectivity index (χ2v) is 5.59. The summed E-state index contributed by atoms with van der Waals surface area (Å²) in [6.07, 6.45) is -1.01. The second kappa shape index (κ2) is 4.87. The molecule has 2 aromatic heterocycles. The summed E-state index contributed by atoms with van der Waals surface area (Å²) in [5.74, 6) is 0. The van der Waals surface area contributed by atoms with Crippen molar-refractivity contribution < 1.29 is 13.2 Å². The molecule has 6 heteroatoms. The number of alkyl halides is 3. The molecule has 21 heavy (non-hydrogen) atoms. The Balaban J connectivity index is 2.22. The van der Waals surface area contributed by atoms with Gasteiger partial charge in [0.05, 0.1) is 11.3 Å². The van der Waals surface area contributed by atoms with Crippen LogP contribution in [0.4, 0.5) is 13.2 Å². The lowest BCUT2D eigenvalue weighted by molar-refractivity contribution is -0.137. The summed E-state index contributed by atoms with van der Waals surface area (Å²) < 4.78 is 41.8. The molecule has 0 aliphatic rings. The molecule has 0 spiro atoms. The van der Waals surface area contributed by atoms with E-state index in [-0.39, 0.29) is 5.56 Å². The van der Waals surface area contributed by atoms with E-state index in [1.165, 1.54) is 12.1 Å². The lowest BCUT2D eigenvalue weighted by atomic mass is 10.1. The van der Waals surface area contributed by atoms with Crippen molar-refractivity contribution in [2.75, 3.05) is 0 Å². The molecule has 3 aromatic rings. The average Bonchev–Trinajstić information content (AvgIpc) is 2.81. The molecule has 2 heterocycles. The molecule has 0 amide bonds. The van der Waals surface area contributed by atoms with Crippen LogP contribution in [-0.2, 0) is 6.18 Å². The number of halogens is 4. The molecule has 108 valence electrons. The monoisotopic (exact) mass is 354 g/mol. The van der Waals surface area contributed by atoms with Crippen LogP contribution in [-0.4, -0.2) is 9.38 Å². The zero-order chi connectivity index (χ0) is 15.2. The predicted octanol–water partition coefficient (Wildman–Crippen LogP) is 5.09. The molecule has 0 saturated heterocycles. The standard InChI is InChI=1S/C15H10BrF3N2/c1-9-6-14-20-13(8-21(14)7-12(9)16)10-4-2-3-5-11(10)15(17,18)19/h2-8H,1H3. The van der Waals surface area contributed by atoms with E-state index in [4.69, 9.17) is 0 Å². The smallest absolute Gasteiger partial charge is 0.305 e. The highest BCUT2D eigenvalue weighted by atomic mass is 79.9. The molecule has 0 atom stereocenters. The van der Waals surface area contributed by atoms with Crippen LogP contribution in [0.3, 0.4) is 0 Å². The Kier molecular flexibility index (Phi) is 3.28. The van der Waals surface area contributed by atoms with Gasteiger partial charge in [-0.25, -0.2) is 4.98 Å². The summed E-state index contributed by atoms with van der Waals surface area (Å²) in [5, 5.41) is 0. The van der Waals surface area contributed by atoms with Crippen LogP contribution in [0.1, 0.15) is 11.1 Å². The molecule has 2 nitrogen and oxygen atoms in total. The summed E-state index contributed by atoms with van der Waals surface area (Å²) in [6.45, 7) is 1.90. The molecule has 0 radical (unpaired) electrons. The first-order valence-corrected chi connectivity index (χ1v) is 6.97. The van der Waals surface area contributed by atoms with Crippen LogP contribution in [0.5, 0.6) is 0 Å². The molecule has 0 fully saturated rings. The van der Waals surface area contributed by atoms with Crippen molar-refractivity contribution in [1.29, 1.82) is 0 Å². The van der Waals surface area contributed by atoms with Crippen molar-refractivity contribution in [2.24, 2.45) is 0 Å². The quantitative estimate of drug-likeness (QED) is 0.594. The number of pyridine rings is 1. The molecule has 0 aliphatic carbocycles. The van der Waals surface area contributed by atoms with Gasteiger partial charge < -0.3 is 4.40 Å². The van der Waals surface area contributed by atoms with E-state index in [1.807, 2.05) is 13.0 Å². The topological polar surface area (TPSA) is 17.3 Å². The molecule has 1 aromatic carbocycles. The van der Waals surface area contributed by atoms with Crippen LogP contribution in [0, 0.1) is 6.92 Å². The number of nitrogens with zero attached hydrogens (tertiary/aromatic N) is 2. The number of benzene rings is 1.